The number of amides is 1. The number of benzene rings is 1. The third kappa shape index (κ3) is 9.70. The minimum atomic E-state index is -4.45. The lowest BCUT2D eigenvalue weighted by molar-refractivity contribution is -0.157. The molecule has 5 nitrogen and oxygen atoms in total. The summed E-state index contributed by atoms with van der Waals surface area (Å²) in [6.07, 6.45) is -4.45. The molecule has 0 aliphatic rings. The molecule has 0 saturated heterocycles. The van der Waals surface area contributed by atoms with Crippen molar-refractivity contribution < 1.29 is 18.0 Å². The Kier molecular flexibility index (Phi) is 11.4. The number of guanidine groups is 1. The summed E-state index contributed by atoms with van der Waals surface area (Å²) in [5.41, 5.74) is 0.766. The number of hydrogen-bond acceptors (Lipinski definition) is 2. The minimum Gasteiger partial charge on any atom is -0.357 e. The Morgan fingerprint density at radius 3 is 2.48 bits per heavy atom. The van der Waals surface area contributed by atoms with E-state index in [4.69, 9.17) is 23.2 Å². The average Bonchev–Trinajstić information content (AvgIpc) is 2.50. The van der Waals surface area contributed by atoms with E-state index >= 15 is 0 Å². The molecule has 0 heterocycles. The number of likely N-dealkylation sites (N-methyl/N-ethyl adjacent to an activating group) is 1. The van der Waals surface area contributed by atoms with Crippen molar-refractivity contribution in [2.45, 2.75) is 26.1 Å². The molecule has 1 rings (SSSR count). The van der Waals surface area contributed by atoms with Gasteiger partial charge in [0.1, 0.15) is 13.1 Å². The van der Waals surface area contributed by atoms with E-state index in [9.17, 15) is 18.0 Å². The summed E-state index contributed by atoms with van der Waals surface area (Å²) in [6, 6.07) is 4.80. The Balaban J connectivity index is 0.00000676. The molecule has 0 aromatic heterocycles. The van der Waals surface area contributed by atoms with Crippen molar-refractivity contribution in [3.05, 3.63) is 33.8 Å². The molecule has 0 aliphatic heterocycles. The molecule has 0 saturated carbocycles. The van der Waals surface area contributed by atoms with Crippen molar-refractivity contribution in [3.63, 3.8) is 0 Å². The van der Waals surface area contributed by atoms with E-state index in [1.807, 2.05) is 13.8 Å². The highest BCUT2D eigenvalue weighted by atomic mass is 127. The Morgan fingerprint density at radius 2 is 1.96 bits per heavy atom. The monoisotopic (exact) mass is 540 g/mol. The highest BCUT2D eigenvalue weighted by molar-refractivity contribution is 14.0. The maximum absolute atomic E-state index is 12.3. The van der Waals surface area contributed by atoms with E-state index in [0.717, 1.165) is 12.6 Å². The standard InChI is InChI=1S/C16H21Cl2F3N4O.HI/c1-4-22-15(23-8-14(26)25(3)9-16(19,20)21)24-10(2)12-6-5-11(17)7-13(12)18;/h5-7,10H,4,8-9H2,1-3H3,(H2,22,23,24);1H. The number of nitrogens with one attached hydrogen (secondary N) is 2. The van der Waals surface area contributed by atoms with Gasteiger partial charge >= 0.3 is 6.18 Å². The van der Waals surface area contributed by atoms with Gasteiger partial charge in [-0.2, -0.15) is 13.2 Å². The van der Waals surface area contributed by atoms with Gasteiger partial charge < -0.3 is 15.5 Å². The molecule has 1 aromatic carbocycles. The van der Waals surface area contributed by atoms with Crippen LogP contribution in [0.25, 0.3) is 0 Å². The zero-order chi connectivity index (χ0) is 19.9. The molecule has 11 heteroatoms. The largest absolute Gasteiger partial charge is 0.406 e. The number of nitrogens with zero attached hydrogens (tertiary/aromatic N) is 2. The highest BCUT2D eigenvalue weighted by Gasteiger charge is 2.31. The van der Waals surface area contributed by atoms with Crippen LogP contribution in [0, 0.1) is 0 Å². The first-order valence-electron chi connectivity index (χ1n) is 7.84. The normalized spacial score (nSPS) is 12.8. The van der Waals surface area contributed by atoms with Crippen LogP contribution in [0.1, 0.15) is 25.5 Å². The van der Waals surface area contributed by atoms with Crippen molar-refractivity contribution in [2.24, 2.45) is 4.99 Å². The van der Waals surface area contributed by atoms with Crippen LogP contribution in [-0.4, -0.2) is 49.6 Å². The zero-order valence-electron chi connectivity index (χ0n) is 15.0. The molecule has 0 aliphatic carbocycles. The molecule has 27 heavy (non-hydrogen) atoms. The highest BCUT2D eigenvalue weighted by Crippen LogP contribution is 2.26. The number of rotatable bonds is 6. The van der Waals surface area contributed by atoms with Crippen LogP contribution in [0.2, 0.25) is 10.0 Å². The topological polar surface area (TPSA) is 56.7 Å². The minimum absolute atomic E-state index is 0. The summed E-state index contributed by atoms with van der Waals surface area (Å²) in [5, 5.41) is 6.96. The molecule has 1 aromatic rings. The quantitative estimate of drug-likeness (QED) is 0.322. The third-order valence-electron chi connectivity index (χ3n) is 3.34. The smallest absolute Gasteiger partial charge is 0.357 e. The van der Waals surface area contributed by atoms with E-state index in [-0.39, 0.29) is 30.0 Å². The molecule has 0 fully saturated rings. The van der Waals surface area contributed by atoms with Crippen LogP contribution >= 0.6 is 47.2 Å². The summed E-state index contributed by atoms with van der Waals surface area (Å²) >= 11 is 12.0. The predicted molar refractivity (Wildman–Crippen MR) is 113 cm³/mol. The number of carbonyl (C=O) groups is 1. The summed E-state index contributed by atoms with van der Waals surface area (Å²) in [7, 11) is 1.09. The van der Waals surface area contributed by atoms with Gasteiger partial charge in [-0.15, -0.1) is 24.0 Å². The lowest BCUT2D eigenvalue weighted by atomic mass is 10.1. The molecule has 0 spiro atoms. The second-order valence-corrected chi connectivity index (χ2v) is 6.44. The Labute approximate surface area is 183 Å². The van der Waals surface area contributed by atoms with Crippen LogP contribution < -0.4 is 10.6 Å². The molecular formula is C16H22Cl2F3IN4O. The molecule has 2 N–H and O–H groups in total. The Bertz CT molecular complexity index is 659. The lowest BCUT2D eigenvalue weighted by Crippen LogP contribution is -2.41. The van der Waals surface area contributed by atoms with Crippen LogP contribution in [-0.2, 0) is 4.79 Å². The molecule has 0 bridgehead atoms. The summed E-state index contributed by atoms with van der Waals surface area (Å²) in [4.78, 5) is 16.4. The van der Waals surface area contributed by atoms with E-state index in [1.54, 1.807) is 18.2 Å². The molecule has 1 unspecified atom stereocenters. The predicted octanol–water partition coefficient (Wildman–Crippen LogP) is 4.25. The maximum Gasteiger partial charge on any atom is 0.406 e. The molecule has 1 amide bonds. The lowest BCUT2D eigenvalue weighted by Gasteiger charge is -2.20. The fraction of sp³-hybridized carbons (Fsp3) is 0.500. The third-order valence-corrected chi connectivity index (χ3v) is 3.90. The van der Waals surface area contributed by atoms with Gasteiger partial charge in [0, 0.05) is 23.6 Å². The van der Waals surface area contributed by atoms with Gasteiger partial charge in [0.05, 0.1) is 6.04 Å². The average molecular weight is 541 g/mol. The number of aliphatic imine (C=N–C) groups is 1. The second-order valence-electron chi connectivity index (χ2n) is 5.59. The first kappa shape index (κ1) is 26.1. The summed E-state index contributed by atoms with van der Waals surface area (Å²) < 4.78 is 37.0. The molecule has 1 atom stereocenters. The van der Waals surface area contributed by atoms with Crippen molar-refractivity contribution in [2.75, 3.05) is 26.7 Å². The molecular weight excluding hydrogens is 519 g/mol. The van der Waals surface area contributed by atoms with E-state index in [0.29, 0.717) is 27.4 Å². The number of alkyl halides is 3. The molecule has 154 valence electrons. The summed E-state index contributed by atoms with van der Waals surface area (Å²) in [6.45, 7) is 2.44. The van der Waals surface area contributed by atoms with Gasteiger partial charge in [-0.1, -0.05) is 29.3 Å². The fourth-order valence-electron chi connectivity index (χ4n) is 2.08. The van der Waals surface area contributed by atoms with E-state index in [2.05, 4.69) is 15.6 Å². The first-order chi connectivity index (χ1) is 12.0. The van der Waals surface area contributed by atoms with Crippen molar-refractivity contribution in [1.29, 1.82) is 0 Å². The number of hydrogen-bond donors (Lipinski definition) is 2. The Hall–Kier alpha value is -0.940. The van der Waals surface area contributed by atoms with Crippen molar-refractivity contribution in [3.8, 4) is 0 Å². The first-order valence-corrected chi connectivity index (χ1v) is 8.59. The van der Waals surface area contributed by atoms with Gasteiger partial charge in [-0.3, -0.25) is 4.79 Å². The van der Waals surface area contributed by atoms with Gasteiger partial charge in [0.2, 0.25) is 5.91 Å². The van der Waals surface area contributed by atoms with Crippen LogP contribution in [0.4, 0.5) is 13.2 Å². The van der Waals surface area contributed by atoms with Gasteiger partial charge in [0.25, 0.3) is 0 Å². The Morgan fingerprint density at radius 1 is 1.33 bits per heavy atom. The van der Waals surface area contributed by atoms with Crippen LogP contribution in [0.5, 0.6) is 0 Å². The summed E-state index contributed by atoms with van der Waals surface area (Å²) in [5.74, 6) is -0.448. The van der Waals surface area contributed by atoms with E-state index in [1.165, 1.54) is 0 Å². The van der Waals surface area contributed by atoms with E-state index < -0.39 is 25.2 Å². The van der Waals surface area contributed by atoms with Gasteiger partial charge in [-0.05, 0) is 31.5 Å². The van der Waals surface area contributed by atoms with Crippen LogP contribution in [0.3, 0.4) is 0 Å². The maximum atomic E-state index is 12.3. The second kappa shape index (κ2) is 11.8. The number of halogens is 6. The fourth-order valence-corrected chi connectivity index (χ4v) is 2.65. The zero-order valence-corrected chi connectivity index (χ0v) is 18.9. The van der Waals surface area contributed by atoms with Crippen molar-refractivity contribution >= 4 is 59.0 Å². The molecule has 0 radical (unpaired) electrons. The van der Waals surface area contributed by atoms with Crippen molar-refractivity contribution in [1.82, 2.24) is 15.5 Å². The number of carbonyl (C=O) groups excluding carboxylic acids is 1. The van der Waals surface area contributed by atoms with Gasteiger partial charge in [0.15, 0.2) is 5.96 Å². The SMILES string of the molecule is CCNC(=NCC(=O)N(C)CC(F)(F)F)NC(C)c1ccc(Cl)cc1Cl.I. The van der Waals surface area contributed by atoms with Gasteiger partial charge in [-0.25, -0.2) is 4.99 Å². The van der Waals surface area contributed by atoms with Crippen LogP contribution in [0.15, 0.2) is 23.2 Å².